The monoisotopic (exact) mass is 335 g/mol. The van der Waals surface area contributed by atoms with Gasteiger partial charge in [-0.3, -0.25) is 4.98 Å². The highest BCUT2D eigenvalue weighted by molar-refractivity contribution is 9.10. The van der Waals surface area contributed by atoms with Crippen LogP contribution in [0.15, 0.2) is 51.6 Å². The molecule has 0 N–H and O–H groups in total. The van der Waals surface area contributed by atoms with Crippen molar-refractivity contribution in [2.45, 2.75) is 0 Å². The number of hydrogen-bond acceptors (Lipinski definition) is 4. The van der Waals surface area contributed by atoms with Crippen molar-refractivity contribution >= 4 is 27.5 Å². The van der Waals surface area contributed by atoms with E-state index in [1.165, 1.54) is 0 Å². The average molecular weight is 337 g/mol. The minimum absolute atomic E-state index is 0.368. The second-order valence-electron chi connectivity index (χ2n) is 3.76. The van der Waals surface area contributed by atoms with Gasteiger partial charge >= 0.3 is 0 Å². The highest BCUT2D eigenvalue weighted by Gasteiger charge is 2.14. The molecule has 0 aliphatic rings. The Kier molecular flexibility index (Phi) is 3.31. The Hall–Kier alpha value is -1.72. The van der Waals surface area contributed by atoms with Gasteiger partial charge in [0.2, 0.25) is 5.82 Å². The second kappa shape index (κ2) is 5.11. The summed E-state index contributed by atoms with van der Waals surface area (Å²) < 4.78 is 6.13. The van der Waals surface area contributed by atoms with E-state index in [1.54, 1.807) is 12.3 Å². The molecule has 0 aliphatic carbocycles. The summed E-state index contributed by atoms with van der Waals surface area (Å²) in [6.07, 6.45) is 1.68. The topological polar surface area (TPSA) is 51.8 Å². The van der Waals surface area contributed by atoms with Gasteiger partial charge < -0.3 is 4.52 Å². The van der Waals surface area contributed by atoms with Crippen LogP contribution in [0.3, 0.4) is 0 Å². The summed E-state index contributed by atoms with van der Waals surface area (Å²) in [7, 11) is 0. The maximum atomic E-state index is 6.12. The Morgan fingerprint density at radius 2 is 2.05 bits per heavy atom. The summed E-state index contributed by atoms with van der Waals surface area (Å²) in [6.45, 7) is 0. The van der Waals surface area contributed by atoms with Crippen LogP contribution in [0.25, 0.3) is 23.0 Å². The molecule has 4 nitrogen and oxygen atoms in total. The summed E-state index contributed by atoms with van der Waals surface area (Å²) in [4.78, 5) is 8.48. The minimum atomic E-state index is 0.368. The van der Waals surface area contributed by atoms with E-state index in [0.717, 1.165) is 4.47 Å². The van der Waals surface area contributed by atoms with E-state index in [9.17, 15) is 0 Å². The SMILES string of the molecule is Clc1ccc(Br)cc1-c1nc(-c2ccccn2)no1. The molecule has 0 atom stereocenters. The van der Waals surface area contributed by atoms with Gasteiger partial charge in [0, 0.05) is 10.7 Å². The van der Waals surface area contributed by atoms with Crippen LogP contribution < -0.4 is 0 Å². The van der Waals surface area contributed by atoms with E-state index in [0.29, 0.717) is 28.0 Å². The van der Waals surface area contributed by atoms with E-state index >= 15 is 0 Å². The fraction of sp³-hybridized carbons (Fsp3) is 0. The zero-order chi connectivity index (χ0) is 13.2. The predicted octanol–water partition coefficient (Wildman–Crippen LogP) is 4.21. The smallest absolute Gasteiger partial charge is 0.259 e. The molecule has 1 aromatic carbocycles. The van der Waals surface area contributed by atoms with Crippen molar-refractivity contribution in [3.63, 3.8) is 0 Å². The molecule has 0 fully saturated rings. The fourth-order valence-corrected chi connectivity index (χ4v) is 2.15. The number of hydrogen-bond donors (Lipinski definition) is 0. The number of nitrogens with zero attached hydrogens (tertiary/aromatic N) is 3. The van der Waals surface area contributed by atoms with Crippen molar-refractivity contribution in [2.24, 2.45) is 0 Å². The van der Waals surface area contributed by atoms with Crippen LogP contribution in [0.2, 0.25) is 5.02 Å². The molecule has 0 bridgehead atoms. The van der Waals surface area contributed by atoms with E-state index in [-0.39, 0.29) is 0 Å². The normalized spacial score (nSPS) is 10.6. The number of pyridine rings is 1. The first kappa shape index (κ1) is 12.3. The lowest BCUT2D eigenvalue weighted by molar-refractivity contribution is 0.432. The maximum absolute atomic E-state index is 6.12. The van der Waals surface area contributed by atoms with Crippen LogP contribution >= 0.6 is 27.5 Å². The van der Waals surface area contributed by atoms with Crippen LogP contribution in [-0.2, 0) is 0 Å². The lowest BCUT2D eigenvalue weighted by atomic mass is 10.2. The quantitative estimate of drug-likeness (QED) is 0.703. The summed E-state index contributed by atoms with van der Waals surface area (Å²) in [5, 5.41) is 4.47. The summed E-state index contributed by atoms with van der Waals surface area (Å²) in [5.74, 6) is 0.804. The van der Waals surface area contributed by atoms with Gasteiger partial charge in [-0.1, -0.05) is 38.8 Å². The van der Waals surface area contributed by atoms with Crippen molar-refractivity contribution in [2.75, 3.05) is 0 Å². The minimum Gasteiger partial charge on any atom is -0.334 e. The van der Waals surface area contributed by atoms with Gasteiger partial charge in [0.05, 0.1) is 10.6 Å². The van der Waals surface area contributed by atoms with Gasteiger partial charge in [0.15, 0.2) is 0 Å². The number of aromatic nitrogens is 3. The molecule has 0 saturated carbocycles. The molecule has 6 heteroatoms. The Balaban J connectivity index is 2.04. The zero-order valence-electron chi connectivity index (χ0n) is 9.55. The number of rotatable bonds is 2. The molecule has 0 unspecified atom stereocenters. The first-order chi connectivity index (χ1) is 9.24. The standard InChI is InChI=1S/C13H7BrClN3O/c14-8-4-5-10(15)9(7-8)13-17-12(18-19-13)11-3-1-2-6-16-11/h1-7H. The molecule has 3 rings (SSSR count). The van der Waals surface area contributed by atoms with Gasteiger partial charge in [-0.15, -0.1) is 0 Å². The van der Waals surface area contributed by atoms with E-state index < -0.39 is 0 Å². The zero-order valence-corrected chi connectivity index (χ0v) is 11.9. The third-order valence-corrected chi connectivity index (χ3v) is 3.30. The molecule has 0 aliphatic heterocycles. The van der Waals surface area contributed by atoms with Crippen molar-refractivity contribution in [1.29, 1.82) is 0 Å². The molecule has 0 saturated heterocycles. The maximum Gasteiger partial charge on any atom is 0.259 e. The Labute approximate surface area is 122 Å². The Bertz CT molecular complexity index is 715. The first-order valence-corrected chi connectivity index (χ1v) is 6.61. The van der Waals surface area contributed by atoms with Crippen LogP contribution in [0.4, 0.5) is 0 Å². The molecule has 19 heavy (non-hydrogen) atoms. The Morgan fingerprint density at radius 3 is 2.84 bits per heavy atom. The third kappa shape index (κ3) is 2.52. The molecule has 3 aromatic rings. The van der Waals surface area contributed by atoms with Gasteiger partial charge in [-0.05, 0) is 30.3 Å². The fourth-order valence-electron chi connectivity index (χ4n) is 1.59. The molecular weight excluding hydrogens is 330 g/mol. The number of benzene rings is 1. The molecule has 2 aromatic heterocycles. The van der Waals surface area contributed by atoms with Gasteiger partial charge in [0.1, 0.15) is 5.69 Å². The third-order valence-electron chi connectivity index (χ3n) is 2.48. The van der Waals surface area contributed by atoms with E-state index in [1.807, 2.05) is 30.3 Å². The average Bonchev–Trinajstić information content (AvgIpc) is 2.92. The highest BCUT2D eigenvalue weighted by atomic mass is 79.9. The Morgan fingerprint density at radius 1 is 1.16 bits per heavy atom. The first-order valence-electron chi connectivity index (χ1n) is 5.44. The van der Waals surface area contributed by atoms with Gasteiger partial charge in [-0.25, -0.2) is 0 Å². The van der Waals surface area contributed by atoms with Crippen LogP contribution in [-0.4, -0.2) is 15.1 Å². The molecule has 0 amide bonds. The van der Waals surface area contributed by atoms with E-state index in [2.05, 4.69) is 31.1 Å². The van der Waals surface area contributed by atoms with E-state index in [4.69, 9.17) is 16.1 Å². The predicted molar refractivity (Wildman–Crippen MR) is 75.7 cm³/mol. The van der Waals surface area contributed by atoms with Crippen molar-refractivity contribution in [1.82, 2.24) is 15.1 Å². The summed E-state index contributed by atoms with van der Waals surface area (Å²) >= 11 is 9.51. The molecule has 0 radical (unpaired) electrons. The van der Waals surface area contributed by atoms with Crippen molar-refractivity contribution in [3.8, 4) is 23.0 Å². The lowest BCUT2D eigenvalue weighted by Gasteiger charge is -1.98. The van der Waals surface area contributed by atoms with Gasteiger partial charge in [0.25, 0.3) is 5.89 Å². The lowest BCUT2D eigenvalue weighted by Crippen LogP contribution is -1.84. The molecule has 94 valence electrons. The van der Waals surface area contributed by atoms with Crippen LogP contribution in [0, 0.1) is 0 Å². The van der Waals surface area contributed by atoms with Gasteiger partial charge in [-0.2, -0.15) is 4.98 Å². The number of halogens is 2. The van der Waals surface area contributed by atoms with Crippen molar-refractivity contribution < 1.29 is 4.52 Å². The molecule has 2 heterocycles. The molecular formula is C13H7BrClN3O. The van der Waals surface area contributed by atoms with Crippen molar-refractivity contribution in [3.05, 3.63) is 52.1 Å². The summed E-state index contributed by atoms with van der Waals surface area (Å²) in [5.41, 5.74) is 1.34. The second-order valence-corrected chi connectivity index (χ2v) is 5.09. The summed E-state index contributed by atoms with van der Waals surface area (Å²) in [6, 6.07) is 11.0. The van der Waals surface area contributed by atoms with Crippen LogP contribution in [0.5, 0.6) is 0 Å². The van der Waals surface area contributed by atoms with Crippen LogP contribution in [0.1, 0.15) is 0 Å². The largest absolute Gasteiger partial charge is 0.334 e. The highest BCUT2D eigenvalue weighted by Crippen LogP contribution is 2.30. The molecule has 0 spiro atoms.